The van der Waals surface area contributed by atoms with Gasteiger partial charge in [0.05, 0.1) is 13.2 Å². The number of benzene rings is 1. The maximum absolute atomic E-state index is 9.26. The molecule has 3 atom stereocenters. The molecule has 0 spiro atoms. The Hall–Kier alpha value is -0.710. The van der Waals surface area contributed by atoms with Gasteiger partial charge in [-0.15, -0.1) is 0 Å². The highest BCUT2D eigenvalue weighted by Gasteiger charge is 2.24. The van der Waals surface area contributed by atoms with Gasteiger partial charge in [-0.1, -0.05) is 18.2 Å². The van der Waals surface area contributed by atoms with Gasteiger partial charge < -0.3 is 15.2 Å². The number of para-hydroxylation sites is 1. The van der Waals surface area contributed by atoms with Crippen LogP contribution in [0, 0.1) is 0 Å². The Morgan fingerprint density at radius 2 is 2.28 bits per heavy atom. The molecular formula is C14H21NO2S. The van der Waals surface area contributed by atoms with Gasteiger partial charge in [0.2, 0.25) is 0 Å². The minimum Gasteiger partial charge on any atom is -0.493 e. The summed E-state index contributed by atoms with van der Waals surface area (Å²) < 4.78 is 5.66. The smallest absolute Gasteiger partial charge is 0.122 e. The van der Waals surface area contributed by atoms with Crippen LogP contribution in [0.5, 0.6) is 5.75 Å². The Morgan fingerprint density at radius 1 is 1.50 bits per heavy atom. The molecule has 0 amide bonds. The first kappa shape index (κ1) is 13.7. The summed E-state index contributed by atoms with van der Waals surface area (Å²) >= 11 is 1.70. The Kier molecular flexibility index (Phi) is 4.92. The van der Waals surface area contributed by atoms with Gasteiger partial charge in [0.15, 0.2) is 0 Å². The topological polar surface area (TPSA) is 41.5 Å². The van der Waals surface area contributed by atoms with Crippen LogP contribution in [0.25, 0.3) is 0 Å². The summed E-state index contributed by atoms with van der Waals surface area (Å²) in [7, 11) is 0. The number of thioether (sulfide) groups is 1. The van der Waals surface area contributed by atoms with Gasteiger partial charge in [-0.2, -0.15) is 11.8 Å². The second kappa shape index (κ2) is 6.45. The zero-order valence-corrected chi connectivity index (χ0v) is 11.7. The summed E-state index contributed by atoms with van der Waals surface area (Å²) in [6.07, 6.45) is 2.03. The first-order valence-electron chi connectivity index (χ1n) is 6.35. The zero-order chi connectivity index (χ0) is 13.0. The van der Waals surface area contributed by atoms with Crippen LogP contribution in [-0.2, 0) is 0 Å². The third-order valence-electron chi connectivity index (χ3n) is 3.53. The van der Waals surface area contributed by atoms with Gasteiger partial charge in [-0.3, -0.25) is 0 Å². The van der Waals surface area contributed by atoms with E-state index in [1.807, 2.05) is 18.4 Å². The van der Waals surface area contributed by atoms with Crippen molar-refractivity contribution in [2.45, 2.75) is 24.1 Å². The standard InChI is InChI=1S/C14H21NO2S/c1-10(14(8-16)18-2)15-7-11-9-17-13-6-4-3-5-12(11)13/h3-6,10-11,14-16H,7-9H2,1-2H3. The van der Waals surface area contributed by atoms with Crippen LogP contribution >= 0.6 is 11.8 Å². The van der Waals surface area contributed by atoms with E-state index in [2.05, 4.69) is 24.4 Å². The second-order valence-electron chi connectivity index (χ2n) is 4.70. The maximum Gasteiger partial charge on any atom is 0.122 e. The van der Waals surface area contributed by atoms with Crippen molar-refractivity contribution in [1.82, 2.24) is 5.32 Å². The van der Waals surface area contributed by atoms with Crippen molar-refractivity contribution < 1.29 is 9.84 Å². The fraction of sp³-hybridized carbons (Fsp3) is 0.571. The lowest BCUT2D eigenvalue weighted by Gasteiger charge is -2.22. The molecule has 2 rings (SSSR count). The highest BCUT2D eigenvalue weighted by molar-refractivity contribution is 7.99. The summed E-state index contributed by atoms with van der Waals surface area (Å²) in [4.78, 5) is 0. The molecule has 0 saturated heterocycles. The van der Waals surface area contributed by atoms with Crippen LogP contribution in [0.4, 0.5) is 0 Å². The first-order valence-corrected chi connectivity index (χ1v) is 7.63. The lowest BCUT2D eigenvalue weighted by Crippen LogP contribution is -2.39. The fourth-order valence-electron chi connectivity index (χ4n) is 2.29. The van der Waals surface area contributed by atoms with E-state index < -0.39 is 0 Å². The number of fused-ring (bicyclic) bond motifs is 1. The zero-order valence-electron chi connectivity index (χ0n) is 10.9. The van der Waals surface area contributed by atoms with E-state index in [-0.39, 0.29) is 11.9 Å². The molecule has 1 aromatic rings. The second-order valence-corrected chi connectivity index (χ2v) is 5.78. The largest absolute Gasteiger partial charge is 0.493 e. The van der Waals surface area contributed by atoms with E-state index >= 15 is 0 Å². The minimum absolute atomic E-state index is 0.215. The quantitative estimate of drug-likeness (QED) is 0.825. The Labute approximate surface area is 113 Å². The summed E-state index contributed by atoms with van der Waals surface area (Å²) in [5.41, 5.74) is 1.29. The number of hydrogen-bond donors (Lipinski definition) is 2. The van der Waals surface area contributed by atoms with Gasteiger partial charge in [0, 0.05) is 29.3 Å². The molecular weight excluding hydrogens is 246 g/mol. The minimum atomic E-state index is 0.215. The van der Waals surface area contributed by atoms with E-state index in [0.717, 1.165) is 18.9 Å². The highest BCUT2D eigenvalue weighted by Crippen LogP contribution is 2.32. The monoisotopic (exact) mass is 267 g/mol. The molecule has 1 aliphatic rings. The molecule has 3 nitrogen and oxygen atoms in total. The summed E-state index contributed by atoms with van der Waals surface area (Å²) in [6.45, 7) is 3.99. The summed E-state index contributed by atoms with van der Waals surface area (Å²) in [6, 6.07) is 8.53. The van der Waals surface area contributed by atoms with Crippen LogP contribution in [0.1, 0.15) is 18.4 Å². The van der Waals surface area contributed by atoms with Gasteiger partial charge in [-0.25, -0.2) is 0 Å². The molecule has 1 aromatic carbocycles. The lowest BCUT2D eigenvalue weighted by molar-refractivity contribution is 0.272. The molecule has 0 radical (unpaired) electrons. The molecule has 1 aliphatic heterocycles. The van der Waals surface area contributed by atoms with E-state index in [1.165, 1.54) is 5.56 Å². The maximum atomic E-state index is 9.26. The van der Waals surface area contributed by atoms with Crippen molar-refractivity contribution in [1.29, 1.82) is 0 Å². The molecule has 0 saturated carbocycles. The number of aliphatic hydroxyl groups is 1. The van der Waals surface area contributed by atoms with Crippen molar-refractivity contribution >= 4 is 11.8 Å². The Balaban J connectivity index is 1.89. The normalized spacial score (nSPS) is 21.2. The van der Waals surface area contributed by atoms with Gasteiger partial charge in [0.25, 0.3) is 0 Å². The Bertz CT molecular complexity index is 382. The summed E-state index contributed by atoms with van der Waals surface area (Å²) in [5.74, 6) is 1.44. The number of aliphatic hydroxyl groups excluding tert-OH is 1. The van der Waals surface area contributed by atoms with E-state index in [4.69, 9.17) is 4.74 Å². The van der Waals surface area contributed by atoms with Gasteiger partial charge >= 0.3 is 0 Å². The molecule has 0 fully saturated rings. The molecule has 2 N–H and O–H groups in total. The van der Waals surface area contributed by atoms with E-state index in [9.17, 15) is 5.11 Å². The molecule has 100 valence electrons. The van der Waals surface area contributed by atoms with Crippen LogP contribution < -0.4 is 10.1 Å². The molecule has 4 heteroatoms. The fourth-order valence-corrected chi connectivity index (χ4v) is 2.95. The average molecular weight is 267 g/mol. The lowest BCUT2D eigenvalue weighted by atomic mass is 10.0. The van der Waals surface area contributed by atoms with E-state index in [0.29, 0.717) is 12.0 Å². The van der Waals surface area contributed by atoms with E-state index in [1.54, 1.807) is 11.8 Å². The highest BCUT2D eigenvalue weighted by atomic mass is 32.2. The third-order valence-corrected chi connectivity index (χ3v) is 4.69. The van der Waals surface area contributed by atoms with Crippen LogP contribution in [0.15, 0.2) is 24.3 Å². The van der Waals surface area contributed by atoms with Gasteiger partial charge in [0.1, 0.15) is 5.75 Å². The van der Waals surface area contributed by atoms with Crippen molar-refractivity contribution in [3.05, 3.63) is 29.8 Å². The third kappa shape index (κ3) is 2.99. The van der Waals surface area contributed by atoms with Crippen LogP contribution in [-0.4, -0.2) is 42.4 Å². The number of nitrogens with one attached hydrogen (secondary N) is 1. The number of rotatable bonds is 6. The Morgan fingerprint density at radius 3 is 3.00 bits per heavy atom. The molecule has 3 unspecified atom stereocenters. The predicted molar refractivity (Wildman–Crippen MR) is 76.5 cm³/mol. The van der Waals surface area contributed by atoms with Crippen molar-refractivity contribution in [2.24, 2.45) is 0 Å². The molecule has 18 heavy (non-hydrogen) atoms. The molecule has 0 aliphatic carbocycles. The van der Waals surface area contributed by atoms with Gasteiger partial charge in [-0.05, 0) is 19.2 Å². The van der Waals surface area contributed by atoms with Crippen molar-refractivity contribution in [3.63, 3.8) is 0 Å². The first-order chi connectivity index (χ1) is 8.76. The summed E-state index contributed by atoms with van der Waals surface area (Å²) in [5, 5.41) is 13.0. The van der Waals surface area contributed by atoms with Crippen molar-refractivity contribution in [3.8, 4) is 5.75 Å². The SMILES string of the molecule is CSC(CO)C(C)NCC1COc2ccccc21. The predicted octanol–water partition coefficient (Wildman–Crippen LogP) is 1.86. The van der Waals surface area contributed by atoms with Crippen LogP contribution in [0.3, 0.4) is 0 Å². The van der Waals surface area contributed by atoms with Crippen molar-refractivity contribution in [2.75, 3.05) is 26.0 Å². The molecule has 0 aromatic heterocycles. The van der Waals surface area contributed by atoms with Crippen LogP contribution in [0.2, 0.25) is 0 Å². The molecule has 0 bridgehead atoms. The average Bonchev–Trinajstić information content (AvgIpc) is 2.81. The number of ether oxygens (including phenoxy) is 1. The number of hydrogen-bond acceptors (Lipinski definition) is 4. The molecule has 1 heterocycles.